The molecule has 0 aromatic heterocycles. The molecule has 0 radical (unpaired) electrons. The Morgan fingerprint density at radius 1 is 1.21 bits per heavy atom. The fraction of sp³-hybridized carbons (Fsp3) is 0.158. The van der Waals surface area contributed by atoms with Crippen LogP contribution in [0.1, 0.15) is 12.0 Å². The lowest BCUT2D eigenvalue weighted by Crippen LogP contribution is -2.39. The number of benzene rings is 2. The largest absolute Gasteiger partial charge is 0.506 e. The van der Waals surface area contributed by atoms with Crippen molar-refractivity contribution in [2.45, 2.75) is 12.1 Å². The van der Waals surface area contributed by atoms with Crippen molar-refractivity contribution in [2.75, 3.05) is 23.3 Å². The number of aliphatic hydroxyl groups is 1. The number of nitrogen functional groups attached to an aromatic ring is 2. The molecule has 1 aliphatic carbocycles. The topological polar surface area (TPSA) is 174 Å². The van der Waals surface area contributed by atoms with E-state index in [0.717, 1.165) is 16.7 Å². The summed E-state index contributed by atoms with van der Waals surface area (Å²) >= 11 is 0. The molecule has 1 atom stereocenters. The SMILES string of the molecule is Cl.Nc1ccc(C2=C(CNc3cc([N+](=O)[O-])ccc3O)CC(N)(O)C=C2)c(N)c1. The molecular formula is C19H22ClN5O4. The zero-order chi connectivity index (χ0) is 20.5. The summed E-state index contributed by atoms with van der Waals surface area (Å²) in [6.45, 7) is 0.178. The van der Waals surface area contributed by atoms with Gasteiger partial charge >= 0.3 is 0 Å². The fourth-order valence-electron chi connectivity index (χ4n) is 3.09. The Hall–Kier alpha value is -3.27. The number of hydrogen-bond donors (Lipinski definition) is 6. The van der Waals surface area contributed by atoms with Crippen LogP contribution in [-0.4, -0.2) is 27.4 Å². The van der Waals surface area contributed by atoms with Gasteiger partial charge in [-0.05, 0) is 35.4 Å². The van der Waals surface area contributed by atoms with Crippen molar-refractivity contribution in [1.82, 2.24) is 0 Å². The van der Waals surface area contributed by atoms with Crippen molar-refractivity contribution in [3.05, 3.63) is 69.8 Å². The molecular weight excluding hydrogens is 398 g/mol. The van der Waals surface area contributed by atoms with E-state index in [9.17, 15) is 20.3 Å². The number of hydrogen-bond acceptors (Lipinski definition) is 8. The Kier molecular flexibility index (Phi) is 6.38. The molecule has 0 heterocycles. The molecule has 154 valence electrons. The van der Waals surface area contributed by atoms with E-state index in [4.69, 9.17) is 17.2 Å². The molecule has 1 aliphatic rings. The quantitative estimate of drug-likeness (QED) is 0.141. The van der Waals surface area contributed by atoms with E-state index >= 15 is 0 Å². The average Bonchev–Trinajstić information content (AvgIpc) is 2.61. The van der Waals surface area contributed by atoms with Crippen LogP contribution in [0.15, 0.2) is 54.1 Å². The highest BCUT2D eigenvalue weighted by Gasteiger charge is 2.26. The highest BCUT2D eigenvalue weighted by molar-refractivity contribution is 5.86. The monoisotopic (exact) mass is 419 g/mol. The lowest BCUT2D eigenvalue weighted by molar-refractivity contribution is -0.384. The van der Waals surface area contributed by atoms with Gasteiger partial charge in [-0.15, -0.1) is 12.4 Å². The maximum atomic E-state index is 11.0. The Balaban J connectivity index is 0.00000300. The van der Waals surface area contributed by atoms with E-state index in [1.807, 2.05) is 0 Å². The summed E-state index contributed by atoms with van der Waals surface area (Å²) in [5.41, 5.74) is 19.4. The van der Waals surface area contributed by atoms with Gasteiger partial charge in [-0.2, -0.15) is 0 Å². The van der Waals surface area contributed by atoms with E-state index in [-0.39, 0.29) is 42.5 Å². The number of phenolic OH excluding ortho intramolecular Hbond substituents is 1. The predicted molar refractivity (Wildman–Crippen MR) is 116 cm³/mol. The van der Waals surface area contributed by atoms with Crippen molar-refractivity contribution in [1.29, 1.82) is 0 Å². The minimum atomic E-state index is -1.53. The van der Waals surface area contributed by atoms with Crippen LogP contribution in [0, 0.1) is 10.1 Å². The number of non-ortho nitro benzene ring substituents is 1. The summed E-state index contributed by atoms with van der Waals surface area (Å²) in [5, 5.41) is 34.1. The number of phenols is 1. The fourth-order valence-corrected chi connectivity index (χ4v) is 3.09. The van der Waals surface area contributed by atoms with Crippen molar-refractivity contribution in [3.63, 3.8) is 0 Å². The molecule has 0 fully saturated rings. The van der Waals surface area contributed by atoms with Crippen molar-refractivity contribution >= 4 is 40.7 Å². The number of nitrogens with zero attached hydrogens (tertiary/aromatic N) is 1. The van der Waals surface area contributed by atoms with Crippen LogP contribution in [0.3, 0.4) is 0 Å². The first-order valence-electron chi connectivity index (χ1n) is 8.45. The number of allylic oxidation sites excluding steroid dienone is 2. The summed E-state index contributed by atoms with van der Waals surface area (Å²) in [6, 6.07) is 8.82. The molecule has 0 spiro atoms. The smallest absolute Gasteiger partial charge is 0.271 e. The van der Waals surface area contributed by atoms with Gasteiger partial charge in [0.25, 0.3) is 5.69 Å². The number of nitrogens with one attached hydrogen (secondary N) is 1. The maximum Gasteiger partial charge on any atom is 0.271 e. The molecule has 0 saturated carbocycles. The number of halogens is 1. The number of anilines is 3. The molecule has 0 bridgehead atoms. The minimum absolute atomic E-state index is 0. The van der Waals surface area contributed by atoms with Gasteiger partial charge in [0.15, 0.2) is 0 Å². The number of nitrogens with two attached hydrogens (primary N) is 3. The minimum Gasteiger partial charge on any atom is -0.506 e. The highest BCUT2D eigenvalue weighted by Crippen LogP contribution is 2.35. The first-order chi connectivity index (χ1) is 13.2. The summed E-state index contributed by atoms with van der Waals surface area (Å²) in [6.07, 6.45) is 3.27. The molecule has 29 heavy (non-hydrogen) atoms. The molecule has 2 aromatic rings. The normalized spacial score (nSPS) is 18.3. The summed E-state index contributed by atoms with van der Waals surface area (Å²) in [4.78, 5) is 10.4. The van der Waals surface area contributed by atoms with Crippen LogP contribution in [0.2, 0.25) is 0 Å². The predicted octanol–water partition coefficient (Wildman–Crippen LogP) is 2.36. The molecule has 0 saturated heterocycles. The maximum absolute atomic E-state index is 11.0. The molecule has 10 heteroatoms. The second-order valence-corrected chi connectivity index (χ2v) is 6.68. The molecule has 3 rings (SSSR count). The van der Waals surface area contributed by atoms with Gasteiger partial charge < -0.3 is 32.7 Å². The number of nitro benzene ring substituents is 1. The van der Waals surface area contributed by atoms with E-state index in [1.165, 1.54) is 24.3 Å². The molecule has 0 aliphatic heterocycles. The van der Waals surface area contributed by atoms with E-state index in [2.05, 4.69) is 5.32 Å². The van der Waals surface area contributed by atoms with Gasteiger partial charge in [0.1, 0.15) is 11.5 Å². The van der Waals surface area contributed by atoms with Crippen LogP contribution in [0.4, 0.5) is 22.7 Å². The highest BCUT2D eigenvalue weighted by atomic mass is 35.5. The van der Waals surface area contributed by atoms with Crippen LogP contribution in [0.5, 0.6) is 5.75 Å². The first kappa shape index (κ1) is 22.0. The number of rotatable bonds is 5. The van der Waals surface area contributed by atoms with E-state index < -0.39 is 10.6 Å². The zero-order valence-electron chi connectivity index (χ0n) is 15.3. The van der Waals surface area contributed by atoms with Gasteiger partial charge in [-0.1, -0.05) is 12.1 Å². The molecule has 9 nitrogen and oxygen atoms in total. The Labute approximate surface area is 173 Å². The lowest BCUT2D eigenvalue weighted by Gasteiger charge is -2.28. The molecule has 1 unspecified atom stereocenters. The standard InChI is InChI=1S/C19H21N5O4.ClH/c20-12-1-3-15(16(21)7-12)14-5-6-19(22,26)9-11(14)10-23-17-8-13(24(27)28)2-4-18(17)25;/h1-8,23,25-26H,9-10,20-22H2;1H. The Morgan fingerprint density at radius 3 is 2.59 bits per heavy atom. The summed E-state index contributed by atoms with van der Waals surface area (Å²) < 4.78 is 0. The molecule has 0 amide bonds. The third kappa shape index (κ3) is 4.96. The first-order valence-corrected chi connectivity index (χ1v) is 8.45. The summed E-state index contributed by atoms with van der Waals surface area (Å²) in [7, 11) is 0. The lowest BCUT2D eigenvalue weighted by atomic mass is 9.87. The molecule has 2 aromatic carbocycles. The Morgan fingerprint density at radius 2 is 1.93 bits per heavy atom. The van der Waals surface area contributed by atoms with Gasteiger partial charge in [0.2, 0.25) is 0 Å². The number of aromatic hydroxyl groups is 1. The van der Waals surface area contributed by atoms with E-state index in [1.54, 1.807) is 24.3 Å². The van der Waals surface area contributed by atoms with Crippen molar-refractivity contribution in [3.8, 4) is 5.75 Å². The van der Waals surface area contributed by atoms with Crippen LogP contribution in [-0.2, 0) is 0 Å². The van der Waals surface area contributed by atoms with Crippen LogP contribution in [0.25, 0.3) is 5.57 Å². The van der Waals surface area contributed by atoms with Gasteiger partial charge in [0, 0.05) is 42.0 Å². The zero-order valence-corrected chi connectivity index (χ0v) is 16.1. The van der Waals surface area contributed by atoms with Crippen molar-refractivity contribution < 1.29 is 15.1 Å². The van der Waals surface area contributed by atoms with Gasteiger partial charge in [-0.25, -0.2) is 0 Å². The van der Waals surface area contributed by atoms with Gasteiger partial charge in [-0.3, -0.25) is 10.1 Å². The van der Waals surface area contributed by atoms with Crippen LogP contribution < -0.4 is 22.5 Å². The van der Waals surface area contributed by atoms with E-state index in [0.29, 0.717) is 11.4 Å². The average molecular weight is 420 g/mol. The third-order valence-corrected chi connectivity index (χ3v) is 4.47. The number of nitro groups is 1. The second kappa shape index (κ2) is 8.39. The molecule has 9 N–H and O–H groups in total. The third-order valence-electron chi connectivity index (χ3n) is 4.47. The van der Waals surface area contributed by atoms with Crippen molar-refractivity contribution in [2.24, 2.45) is 5.73 Å². The van der Waals surface area contributed by atoms with Gasteiger partial charge in [0.05, 0.1) is 10.6 Å². The Bertz CT molecular complexity index is 1000. The van der Waals surface area contributed by atoms with Crippen LogP contribution >= 0.6 is 12.4 Å². The second-order valence-electron chi connectivity index (χ2n) is 6.68. The summed E-state index contributed by atoms with van der Waals surface area (Å²) in [5.74, 6) is -0.130.